The van der Waals surface area contributed by atoms with Gasteiger partial charge in [0.15, 0.2) is 0 Å². The molecule has 0 spiro atoms. The number of thioether (sulfide) groups is 1. The van der Waals surface area contributed by atoms with Crippen LogP contribution in [0.5, 0.6) is 0 Å². The number of benzene rings is 1. The second kappa shape index (κ2) is 7.31. The van der Waals surface area contributed by atoms with Gasteiger partial charge < -0.3 is 0 Å². The Morgan fingerprint density at radius 3 is 2.71 bits per heavy atom. The van der Waals surface area contributed by atoms with Gasteiger partial charge in [-0.2, -0.15) is 5.26 Å². The van der Waals surface area contributed by atoms with Crippen molar-refractivity contribution in [2.75, 3.05) is 5.75 Å². The number of hydrogen-bond acceptors (Lipinski definition) is 3. The topological polar surface area (TPSA) is 35.8 Å². The first-order valence-corrected chi connectivity index (χ1v) is 6.65. The maximum atomic E-state index is 13.3. The van der Waals surface area contributed by atoms with Crippen molar-refractivity contribution >= 4 is 11.8 Å². The lowest BCUT2D eigenvalue weighted by atomic mass is 10.2. The Morgan fingerprint density at radius 1 is 1.41 bits per heavy atom. The summed E-state index contributed by atoms with van der Waals surface area (Å²) in [5.74, 6) is 0.543. The Morgan fingerprint density at radius 2 is 2.12 bits per heavy atom. The third-order valence-corrected chi connectivity index (χ3v) is 3.27. The molecule has 4 heteroatoms. The Bertz CT molecular complexity index is 387. The average Bonchev–Trinajstić information content (AvgIpc) is 2.29. The fraction of sp³-hybridized carbons (Fsp3) is 0.462. The van der Waals surface area contributed by atoms with E-state index < -0.39 is 0 Å². The molecule has 0 aliphatic rings. The molecular formula is C13H17FN2S. The zero-order valence-electron chi connectivity index (χ0n) is 10.1. The van der Waals surface area contributed by atoms with Gasteiger partial charge in [0.25, 0.3) is 0 Å². The van der Waals surface area contributed by atoms with E-state index in [1.165, 1.54) is 17.8 Å². The molecule has 1 atom stereocenters. The van der Waals surface area contributed by atoms with Crippen LogP contribution in [-0.4, -0.2) is 17.8 Å². The highest BCUT2D eigenvalue weighted by Crippen LogP contribution is 2.22. The summed E-state index contributed by atoms with van der Waals surface area (Å²) in [6.07, 6.45) is 0.716. The standard InChI is InChI=1S/C13H17FN2S/c1-10(2)16-11(9-15)7-8-17-13-6-4-3-5-12(13)14/h3-6,10-11,16H,7-8H2,1-2H3. The summed E-state index contributed by atoms with van der Waals surface area (Å²) in [7, 11) is 0. The highest BCUT2D eigenvalue weighted by Gasteiger charge is 2.09. The first-order chi connectivity index (χ1) is 8.13. The van der Waals surface area contributed by atoms with Gasteiger partial charge in [-0.25, -0.2) is 4.39 Å². The molecule has 0 saturated carbocycles. The summed E-state index contributed by atoms with van der Waals surface area (Å²) in [4.78, 5) is 0.647. The third-order valence-electron chi connectivity index (χ3n) is 2.19. The number of nitriles is 1. The summed E-state index contributed by atoms with van der Waals surface area (Å²) in [5.41, 5.74) is 0. The van der Waals surface area contributed by atoms with E-state index in [4.69, 9.17) is 5.26 Å². The molecule has 0 fully saturated rings. The number of rotatable bonds is 6. The van der Waals surface area contributed by atoms with E-state index in [2.05, 4.69) is 11.4 Å². The fourth-order valence-electron chi connectivity index (χ4n) is 1.44. The molecule has 0 radical (unpaired) electrons. The van der Waals surface area contributed by atoms with Gasteiger partial charge in [-0.3, -0.25) is 5.32 Å². The molecule has 1 rings (SSSR count). The highest BCUT2D eigenvalue weighted by molar-refractivity contribution is 7.99. The van der Waals surface area contributed by atoms with Crippen LogP contribution in [-0.2, 0) is 0 Å². The second-order valence-corrected chi connectivity index (χ2v) is 5.21. The minimum absolute atomic E-state index is 0.158. The molecule has 0 amide bonds. The SMILES string of the molecule is CC(C)NC(C#N)CCSc1ccccc1F. The zero-order valence-corrected chi connectivity index (χ0v) is 10.9. The van der Waals surface area contributed by atoms with E-state index in [-0.39, 0.29) is 17.9 Å². The molecule has 0 aromatic heterocycles. The Balaban J connectivity index is 2.37. The number of nitrogens with one attached hydrogen (secondary N) is 1. The van der Waals surface area contributed by atoms with Gasteiger partial charge >= 0.3 is 0 Å². The van der Waals surface area contributed by atoms with E-state index in [1.807, 2.05) is 19.9 Å². The molecule has 1 unspecified atom stereocenters. The summed E-state index contributed by atoms with van der Waals surface area (Å²) >= 11 is 1.45. The summed E-state index contributed by atoms with van der Waals surface area (Å²) in [6, 6.07) is 9.06. The van der Waals surface area contributed by atoms with Crippen LogP contribution in [0.15, 0.2) is 29.2 Å². The first kappa shape index (κ1) is 14.0. The third kappa shape index (κ3) is 5.20. The summed E-state index contributed by atoms with van der Waals surface area (Å²) < 4.78 is 13.3. The van der Waals surface area contributed by atoms with Crippen LogP contribution in [0.2, 0.25) is 0 Å². The summed E-state index contributed by atoms with van der Waals surface area (Å²) in [6.45, 7) is 4.02. The van der Waals surface area contributed by atoms with Gasteiger partial charge in [0, 0.05) is 16.7 Å². The molecule has 1 N–H and O–H groups in total. The fourth-order valence-corrected chi connectivity index (χ4v) is 2.39. The number of nitrogens with zero attached hydrogens (tertiary/aromatic N) is 1. The van der Waals surface area contributed by atoms with Crippen LogP contribution >= 0.6 is 11.8 Å². The van der Waals surface area contributed by atoms with Gasteiger partial charge in [0.2, 0.25) is 0 Å². The molecule has 0 saturated heterocycles. The lowest BCUT2D eigenvalue weighted by Gasteiger charge is -2.14. The zero-order chi connectivity index (χ0) is 12.7. The van der Waals surface area contributed by atoms with Crippen molar-refractivity contribution in [3.63, 3.8) is 0 Å². The molecule has 1 aromatic rings. The lowest BCUT2D eigenvalue weighted by Crippen LogP contribution is -2.33. The number of hydrogen-bond donors (Lipinski definition) is 1. The molecule has 0 aliphatic carbocycles. The molecule has 2 nitrogen and oxygen atoms in total. The van der Waals surface area contributed by atoms with Crippen LogP contribution < -0.4 is 5.32 Å². The molecule has 1 aromatic carbocycles. The van der Waals surface area contributed by atoms with Crippen molar-refractivity contribution in [1.29, 1.82) is 5.26 Å². The molecule has 0 heterocycles. The van der Waals surface area contributed by atoms with E-state index in [0.29, 0.717) is 11.3 Å². The monoisotopic (exact) mass is 252 g/mol. The second-order valence-electron chi connectivity index (χ2n) is 4.07. The van der Waals surface area contributed by atoms with Crippen molar-refractivity contribution in [3.8, 4) is 6.07 Å². The van der Waals surface area contributed by atoms with Crippen molar-refractivity contribution in [3.05, 3.63) is 30.1 Å². The normalized spacial score (nSPS) is 12.4. The average molecular weight is 252 g/mol. The van der Waals surface area contributed by atoms with Crippen LogP contribution in [0.3, 0.4) is 0 Å². The van der Waals surface area contributed by atoms with Crippen molar-refractivity contribution < 1.29 is 4.39 Å². The van der Waals surface area contributed by atoms with Crippen molar-refractivity contribution in [2.24, 2.45) is 0 Å². The first-order valence-electron chi connectivity index (χ1n) is 5.66. The molecule has 0 bridgehead atoms. The van der Waals surface area contributed by atoms with Crippen LogP contribution in [0.25, 0.3) is 0 Å². The lowest BCUT2D eigenvalue weighted by molar-refractivity contribution is 0.522. The van der Waals surface area contributed by atoms with Gasteiger partial charge in [-0.05, 0) is 32.4 Å². The quantitative estimate of drug-likeness (QED) is 0.790. The molecular weight excluding hydrogens is 235 g/mol. The molecule has 17 heavy (non-hydrogen) atoms. The minimum atomic E-state index is -0.192. The predicted octanol–water partition coefficient (Wildman–Crippen LogP) is 3.20. The predicted molar refractivity (Wildman–Crippen MR) is 69.4 cm³/mol. The Kier molecular flexibility index (Phi) is 6.03. The van der Waals surface area contributed by atoms with Crippen molar-refractivity contribution in [1.82, 2.24) is 5.32 Å². The van der Waals surface area contributed by atoms with Crippen LogP contribution in [0.4, 0.5) is 4.39 Å². The van der Waals surface area contributed by atoms with E-state index in [9.17, 15) is 4.39 Å². The molecule has 0 aliphatic heterocycles. The van der Waals surface area contributed by atoms with Crippen LogP contribution in [0.1, 0.15) is 20.3 Å². The van der Waals surface area contributed by atoms with E-state index in [1.54, 1.807) is 12.1 Å². The number of halogens is 1. The van der Waals surface area contributed by atoms with E-state index >= 15 is 0 Å². The minimum Gasteiger partial charge on any atom is -0.300 e. The van der Waals surface area contributed by atoms with Gasteiger partial charge in [0.1, 0.15) is 5.82 Å². The smallest absolute Gasteiger partial charge is 0.136 e. The Labute approximate surface area is 106 Å². The maximum Gasteiger partial charge on any atom is 0.136 e. The highest BCUT2D eigenvalue weighted by atomic mass is 32.2. The van der Waals surface area contributed by atoms with Gasteiger partial charge in [-0.1, -0.05) is 12.1 Å². The maximum absolute atomic E-state index is 13.3. The largest absolute Gasteiger partial charge is 0.300 e. The van der Waals surface area contributed by atoms with Crippen LogP contribution in [0, 0.1) is 17.1 Å². The van der Waals surface area contributed by atoms with Gasteiger partial charge in [-0.15, -0.1) is 11.8 Å². The summed E-state index contributed by atoms with van der Waals surface area (Å²) in [5, 5.41) is 12.1. The van der Waals surface area contributed by atoms with Crippen molar-refractivity contribution in [2.45, 2.75) is 37.2 Å². The van der Waals surface area contributed by atoms with E-state index in [0.717, 1.165) is 5.75 Å². The molecule has 92 valence electrons. The Hall–Kier alpha value is -1.05. The van der Waals surface area contributed by atoms with Gasteiger partial charge in [0.05, 0.1) is 12.1 Å².